The van der Waals surface area contributed by atoms with Crippen LogP contribution in [0, 0.1) is 0 Å². The van der Waals surface area contributed by atoms with Crippen molar-refractivity contribution in [1.29, 1.82) is 0 Å². The highest BCUT2D eigenvalue weighted by molar-refractivity contribution is 7.94. The maximum Gasteiger partial charge on any atom is 0.273 e. The monoisotopic (exact) mass is 337 g/mol. The standard InChI is InChI=1S/C14H15N3O3S2/c15-9-13(18)16-11-3-4-12-10(8-11)5-6-17(12)22(19,20)14-2-1-7-21-14/h1-4,7-8H,5-6,9,15H2,(H,16,18). The van der Waals surface area contributed by atoms with Crippen molar-refractivity contribution in [1.82, 2.24) is 0 Å². The van der Waals surface area contributed by atoms with Gasteiger partial charge in [-0.05, 0) is 41.6 Å². The molecule has 0 spiro atoms. The van der Waals surface area contributed by atoms with Crippen molar-refractivity contribution in [3.63, 3.8) is 0 Å². The fourth-order valence-corrected chi connectivity index (χ4v) is 5.04. The Hall–Kier alpha value is -1.90. The van der Waals surface area contributed by atoms with Crippen LogP contribution in [0.2, 0.25) is 0 Å². The zero-order valence-electron chi connectivity index (χ0n) is 11.7. The number of hydrogen-bond acceptors (Lipinski definition) is 5. The molecule has 22 heavy (non-hydrogen) atoms. The topological polar surface area (TPSA) is 92.5 Å². The average molecular weight is 337 g/mol. The highest BCUT2D eigenvalue weighted by atomic mass is 32.2. The molecule has 0 bridgehead atoms. The van der Waals surface area contributed by atoms with Gasteiger partial charge in [0.05, 0.1) is 12.2 Å². The number of benzene rings is 1. The summed E-state index contributed by atoms with van der Waals surface area (Å²) in [5.74, 6) is -0.277. The van der Waals surface area contributed by atoms with Gasteiger partial charge in [0.15, 0.2) is 0 Å². The summed E-state index contributed by atoms with van der Waals surface area (Å²) in [4.78, 5) is 11.3. The van der Waals surface area contributed by atoms with Crippen molar-refractivity contribution >= 4 is 38.6 Å². The lowest BCUT2D eigenvalue weighted by Gasteiger charge is -2.18. The molecule has 2 heterocycles. The number of anilines is 2. The second-order valence-corrected chi connectivity index (χ2v) is 7.89. The molecule has 3 N–H and O–H groups in total. The zero-order chi connectivity index (χ0) is 15.7. The van der Waals surface area contributed by atoms with E-state index in [1.54, 1.807) is 35.7 Å². The van der Waals surface area contributed by atoms with E-state index in [1.807, 2.05) is 0 Å². The molecule has 1 aromatic heterocycles. The second-order valence-electron chi connectivity index (χ2n) is 4.86. The van der Waals surface area contributed by atoms with Gasteiger partial charge in [0.25, 0.3) is 10.0 Å². The first-order valence-electron chi connectivity index (χ1n) is 6.71. The first-order chi connectivity index (χ1) is 10.5. The molecule has 1 aliphatic heterocycles. The largest absolute Gasteiger partial charge is 0.325 e. The Balaban J connectivity index is 1.91. The fraction of sp³-hybridized carbons (Fsp3) is 0.214. The third-order valence-corrected chi connectivity index (χ3v) is 6.63. The van der Waals surface area contributed by atoms with Gasteiger partial charge >= 0.3 is 0 Å². The average Bonchev–Trinajstić information content (AvgIpc) is 3.16. The molecule has 6 nitrogen and oxygen atoms in total. The first kappa shape index (κ1) is 15.0. The summed E-state index contributed by atoms with van der Waals surface area (Å²) in [7, 11) is -3.50. The van der Waals surface area contributed by atoms with Crippen LogP contribution < -0.4 is 15.4 Å². The first-order valence-corrected chi connectivity index (χ1v) is 9.03. The van der Waals surface area contributed by atoms with E-state index in [4.69, 9.17) is 5.73 Å². The zero-order valence-corrected chi connectivity index (χ0v) is 13.3. The molecular formula is C14H15N3O3S2. The Kier molecular flexibility index (Phi) is 3.90. The lowest BCUT2D eigenvalue weighted by molar-refractivity contribution is -0.114. The molecule has 0 saturated heterocycles. The number of carbonyl (C=O) groups excluding carboxylic acids is 1. The van der Waals surface area contributed by atoms with Crippen LogP contribution in [-0.4, -0.2) is 27.4 Å². The second kappa shape index (κ2) is 5.71. The van der Waals surface area contributed by atoms with Crippen LogP contribution in [-0.2, 0) is 21.2 Å². The van der Waals surface area contributed by atoms with Crippen LogP contribution in [0.3, 0.4) is 0 Å². The predicted molar refractivity (Wildman–Crippen MR) is 86.7 cm³/mol. The van der Waals surface area contributed by atoms with Gasteiger partial charge in [-0.15, -0.1) is 11.3 Å². The molecule has 0 unspecified atom stereocenters. The van der Waals surface area contributed by atoms with Crippen LogP contribution in [0.4, 0.5) is 11.4 Å². The lowest BCUT2D eigenvalue weighted by atomic mass is 10.1. The Labute approximate surface area is 132 Å². The smallest absolute Gasteiger partial charge is 0.273 e. The number of sulfonamides is 1. The van der Waals surface area contributed by atoms with Crippen LogP contribution in [0.25, 0.3) is 0 Å². The Morgan fingerprint density at radius 2 is 2.18 bits per heavy atom. The van der Waals surface area contributed by atoms with Crippen LogP contribution in [0.5, 0.6) is 0 Å². The molecule has 1 aromatic carbocycles. The van der Waals surface area contributed by atoms with Gasteiger partial charge in [0, 0.05) is 12.2 Å². The Bertz CT molecular complexity index is 801. The molecule has 1 amide bonds. The summed E-state index contributed by atoms with van der Waals surface area (Å²) in [5, 5.41) is 4.42. The summed E-state index contributed by atoms with van der Waals surface area (Å²) < 4.78 is 27.0. The van der Waals surface area contributed by atoms with E-state index < -0.39 is 10.0 Å². The number of fused-ring (bicyclic) bond motifs is 1. The Morgan fingerprint density at radius 3 is 2.86 bits per heavy atom. The minimum atomic E-state index is -3.50. The molecule has 0 aliphatic carbocycles. The van der Waals surface area contributed by atoms with Gasteiger partial charge in [-0.25, -0.2) is 8.42 Å². The summed E-state index contributed by atoms with van der Waals surface area (Å²) in [6.45, 7) is 0.319. The third-order valence-electron chi connectivity index (χ3n) is 3.44. The number of nitrogens with two attached hydrogens (primary N) is 1. The van der Waals surface area contributed by atoms with E-state index in [0.717, 1.165) is 5.56 Å². The number of amides is 1. The minimum Gasteiger partial charge on any atom is -0.325 e. The van der Waals surface area contributed by atoms with Gasteiger partial charge in [-0.1, -0.05) is 6.07 Å². The normalized spacial score (nSPS) is 14.0. The van der Waals surface area contributed by atoms with Gasteiger partial charge < -0.3 is 11.1 Å². The van der Waals surface area contributed by atoms with Crippen molar-refractivity contribution in [2.45, 2.75) is 10.6 Å². The molecule has 0 fully saturated rings. The van der Waals surface area contributed by atoms with Crippen molar-refractivity contribution in [2.75, 3.05) is 22.7 Å². The summed E-state index contributed by atoms with van der Waals surface area (Å²) in [6, 6.07) is 8.54. The number of nitrogens with one attached hydrogen (secondary N) is 1. The summed E-state index contributed by atoms with van der Waals surface area (Å²) in [5.41, 5.74) is 7.46. The molecule has 2 aromatic rings. The molecule has 3 rings (SSSR count). The van der Waals surface area contributed by atoms with E-state index in [2.05, 4.69) is 5.32 Å². The van der Waals surface area contributed by atoms with E-state index >= 15 is 0 Å². The van der Waals surface area contributed by atoms with E-state index in [1.165, 1.54) is 15.6 Å². The van der Waals surface area contributed by atoms with Gasteiger partial charge in [0.2, 0.25) is 5.91 Å². The van der Waals surface area contributed by atoms with Crippen molar-refractivity contribution in [3.05, 3.63) is 41.3 Å². The maximum atomic E-state index is 12.6. The van der Waals surface area contributed by atoms with Crippen LogP contribution in [0.15, 0.2) is 39.9 Å². The van der Waals surface area contributed by atoms with E-state index in [9.17, 15) is 13.2 Å². The van der Waals surface area contributed by atoms with Crippen molar-refractivity contribution < 1.29 is 13.2 Å². The Morgan fingerprint density at radius 1 is 1.36 bits per heavy atom. The van der Waals surface area contributed by atoms with Gasteiger partial charge in [-0.2, -0.15) is 0 Å². The number of rotatable bonds is 4. The van der Waals surface area contributed by atoms with Crippen molar-refractivity contribution in [3.8, 4) is 0 Å². The number of hydrogen-bond donors (Lipinski definition) is 2. The molecule has 1 aliphatic rings. The predicted octanol–water partition coefficient (Wildman–Crippen LogP) is 1.40. The molecular weight excluding hydrogens is 322 g/mol. The number of carbonyl (C=O) groups is 1. The van der Waals surface area contributed by atoms with Crippen molar-refractivity contribution in [2.24, 2.45) is 5.73 Å². The van der Waals surface area contributed by atoms with E-state index in [0.29, 0.717) is 28.5 Å². The van der Waals surface area contributed by atoms with Crippen LogP contribution in [0.1, 0.15) is 5.56 Å². The van der Waals surface area contributed by atoms with Gasteiger partial charge in [0.1, 0.15) is 4.21 Å². The molecule has 0 saturated carbocycles. The summed E-state index contributed by atoms with van der Waals surface area (Å²) >= 11 is 1.21. The highest BCUT2D eigenvalue weighted by Crippen LogP contribution is 2.35. The molecule has 8 heteroatoms. The number of nitrogens with zero attached hydrogens (tertiary/aromatic N) is 1. The van der Waals surface area contributed by atoms with Gasteiger partial charge in [-0.3, -0.25) is 9.10 Å². The summed E-state index contributed by atoms with van der Waals surface area (Å²) in [6.07, 6.45) is 0.617. The molecule has 116 valence electrons. The third kappa shape index (κ3) is 2.60. The maximum absolute atomic E-state index is 12.6. The van der Waals surface area contributed by atoms with E-state index in [-0.39, 0.29) is 12.5 Å². The lowest BCUT2D eigenvalue weighted by Crippen LogP contribution is -2.28. The highest BCUT2D eigenvalue weighted by Gasteiger charge is 2.31. The molecule has 0 atom stereocenters. The minimum absolute atomic E-state index is 0.0873. The quantitative estimate of drug-likeness (QED) is 0.882. The van der Waals surface area contributed by atoms with Crippen LogP contribution >= 0.6 is 11.3 Å². The fourth-order valence-electron chi connectivity index (χ4n) is 2.43. The number of thiophene rings is 1. The SMILES string of the molecule is NCC(=O)Nc1ccc2c(c1)CCN2S(=O)(=O)c1cccs1. The molecule has 0 radical (unpaired) electrons.